The second-order valence-corrected chi connectivity index (χ2v) is 16.7. The molecule has 1 aliphatic heterocycles. The first kappa shape index (κ1) is 56.4. The molecular formula is C43H73N13O10. The van der Waals surface area contributed by atoms with E-state index in [1.165, 1.54) is 6.92 Å². The monoisotopic (exact) mass is 932 g/mol. The van der Waals surface area contributed by atoms with Crippen molar-refractivity contribution in [1.82, 2.24) is 47.9 Å². The number of hydrogen-bond donors (Lipinski definition) is 14. The maximum absolute atomic E-state index is 14.2. The SMILES string of the molecule is CCCC(=O)N[C@@H](CCN)C(=O)N[C@H]1CCNC(=O)[C@H]([C@@H](C)O)NC(=O)[C@H](CCN)NC(=O)[C@H](CCN)NC(=O)[C@H](CC(C)C)NC(=O)[C@@H](Cc2ccccc2)NC(=O)[C@H](CCN)NC1=O. The molecule has 1 fully saturated rings. The van der Waals surface area contributed by atoms with Gasteiger partial charge in [-0.2, -0.15) is 0 Å². The van der Waals surface area contributed by atoms with Crippen molar-refractivity contribution in [3.8, 4) is 0 Å². The van der Waals surface area contributed by atoms with Gasteiger partial charge in [0.05, 0.1) is 6.10 Å². The van der Waals surface area contributed by atoms with Crippen LogP contribution in [0.2, 0.25) is 0 Å². The number of nitrogens with two attached hydrogens (primary N) is 4. The van der Waals surface area contributed by atoms with E-state index in [9.17, 15) is 48.3 Å². The highest BCUT2D eigenvalue weighted by Crippen LogP contribution is 2.11. The molecule has 0 spiro atoms. The Bertz CT molecular complexity index is 1770. The molecule has 1 aromatic rings. The number of carbonyl (C=O) groups is 9. The van der Waals surface area contributed by atoms with Gasteiger partial charge in [-0.15, -0.1) is 0 Å². The summed E-state index contributed by atoms with van der Waals surface area (Å²) in [4.78, 5) is 124. The maximum atomic E-state index is 14.2. The van der Waals surface area contributed by atoms with Crippen LogP contribution in [-0.2, 0) is 49.6 Å². The van der Waals surface area contributed by atoms with E-state index in [2.05, 4.69) is 47.9 Å². The summed E-state index contributed by atoms with van der Waals surface area (Å²) >= 11 is 0. The molecule has 0 bridgehead atoms. The van der Waals surface area contributed by atoms with Crippen molar-refractivity contribution in [3.63, 3.8) is 0 Å². The zero-order chi connectivity index (χ0) is 49.3. The standard InChI is InChI=1S/C43H73N13O10/c1-5-9-34(58)49-27(12-17-44)36(59)53-31-16-21-48-43(66)35(25(4)57)56-40(63)30(15-20-47)51-37(60)28(13-18-45)52-41(64)32(22-24(2)3)54-42(65)33(23-26-10-7-6-8-11-26)55-38(61)29(14-19-46)50-39(31)62/h6-8,10-11,24-25,27-33,35,57H,5,9,12-23,44-47H2,1-4H3,(H,48,66)(H,49,58)(H,50,62)(H,51,60)(H,52,64)(H,53,59)(H,54,65)(H,55,61)(H,56,63)/t25-,27+,28+,29+,30+,31+,32+,33-,35+/m1/s1. The van der Waals surface area contributed by atoms with Gasteiger partial charge in [0.2, 0.25) is 53.2 Å². The molecule has 0 unspecified atom stereocenters. The van der Waals surface area contributed by atoms with E-state index in [0.29, 0.717) is 12.0 Å². The normalized spacial score (nSPS) is 24.3. The van der Waals surface area contributed by atoms with Crippen LogP contribution in [0.15, 0.2) is 30.3 Å². The van der Waals surface area contributed by atoms with Crippen molar-refractivity contribution in [1.29, 1.82) is 0 Å². The second kappa shape index (κ2) is 29.7. The fraction of sp³-hybridized carbons (Fsp3) is 0.651. The molecule has 66 heavy (non-hydrogen) atoms. The number of aliphatic hydroxyl groups is 1. The van der Waals surface area contributed by atoms with E-state index in [-0.39, 0.29) is 90.0 Å². The molecule has 0 aromatic heterocycles. The Balaban J connectivity index is 2.73. The van der Waals surface area contributed by atoms with Crippen molar-refractivity contribution < 1.29 is 48.3 Å². The number of nitrogens with one attached hydrogen (secondary N) is 9. The number of amides is 9. The van der Waals surface area contributed by atoms with Crippen LogP contribution in [0, 0.1) is 5.92 Å². The van der Waals surface area contributed by atoms with Crippen LogP contribution in [0.4, 0.5) is 0 Å². The third kappa shape index (κ3) is 19.4. The van der Waals surface area contributed by atoms with E-state index in [1.807, 2.05) is 13.8 Å². The average Bonchev–Trinajstić information content (AvgIpc) is 3.26. The molecule has 23 nitrogen and oxygen atoms in total. The minimum atomic E-state index is -1.60. The van der Waals surface area contributed by atoms with E-state index < -0.39 is 108 Å². The molecule has 0 radical (unpaired) electrons. The zero-order valence-corrected chi connectivity index (χ0v) is 38.5. The van der Waals surface area contributed by atoms with Crippen LogP contribution in [0.3, 0.4) is 0 Å². The lowest BCUT2D eigenvalue weighted by Crippen LogP contribution is -2.61. The number of carbonyl (C=O) groups excluding carboxylic acids is 9. The van der Waals surface area contributed by atoms with E-state index >= 15 is 0 Å². The Kier molecular flexibility index (Phi) is 25.4. The molecule has 9 atom stereocenters. The molecule has 1 saturated heterocycles. The Labute approximate surface area is 385 Å². The van der Waals surface area contributed by atoms with Gasteiger partial charge in [0.15, 0.2) is 0 Å². The topological polar surface area (TPSA) is 386 Å². The van der Waals surface area contributed by atoms with Crippen LogP contribution in [0.1, 0.15) is 84.6 Å². The van der Waals surface area contributed by atoms with Gasteiger partial charge in [0.25, 0.3) is 0 Å². The molecule has 0 saturated carbocycles. The molecule has 370 valence electrons. The van der Waals surface area contributed by atoms with Crippen molar-refractivity contribution in [2.24, 2.45) is 28.9 Å². The Hall–Kier alpha value is -5.75. The maximum Gasteiger partial charge on any atom is 0.245 e. The predicted octanol–water partition coefficient (Wildman–Crippen LogP) is -4.75. The first-order valence-corrected chi connectivity index (χ1v) is 22.6. The Morgan fingerprint density at radius 3 is 1.65 bits per heavy atom. The molecule has 23 heteroatoms. The summed E-state index contributed by atoms with van der Waals surface area (Å²) in [6.45, 7) is 6.00. The molecule has 9 amide bonds. The largest absolute Gasteiger partial charge is 0.391 e. The molecule has 0 aliphatic carbocycles. The first-order valence-electron chi connectivity index (χ1n) is 22.6. The fourth-order valence-corrected chi connectivity index (χ4v) is 7.01. The quantitative estimate of drug-likeness (QED) is 0.0658. The van der Waals surface area contributed by atoms with E-state index in [4.69, 9.17) is 22.9 Å². The summed E-state index contributed by atoms with van der Waals surface area (Å²) in [5.74, 6) is -7.28. The van der Waals surface area contributed by atoms with Gasteiger partial charge < -0.3 is 75.9 Å². The van der Waals surface area contributed by atoms with Gasteiger partial charge >= 0.3 is 0 Å². The zero-order valence-electron chi connectivity index (χ0n) is 38.5. The van der Waals surface area contributed by atoms with Crippen molar-refractivity contribution in [2.75, 3.05) is 32.7 Å². The summed E-state index contributed by atoms with van der Waals surface area (Å²) < 4.78 is 0. The van der Waals surface area contributed by atoms with Gasteiger partial charge in [0, 0.05) is 19.4 Å². The number of rotatable bonds is 18. The van der Waals surface area contributed by atoms with Gasteiger partial charge in [-0.25, -0.2) is 0 Å². The van der Waals surface area contributed by atoms with Crippen LogP contribution < -0.4 is 70.8 Å². The van der Waals surface area contributed by atoms with Crippen LogP contribution in [-0.4, -0.2) is 145 Å². The molecule has 1 aliphatic rings. The highest BCUT2D eigenvalue weighted by Gasteiger charge is 2.36. The van der Waals surface area contributed by atoms with Gasteiger partial charge in [-0.3, -0.25) is 43.2 Å². The average molecular weight is 932 g/mol. The lowest BCUT2D eigenvalue weighted by molar-refractivity contribution is -0.136. The predicted molar refractivity (Wildman–Crippen MR) is 244 cm³/mol. The van der Waals surface area contributed by atoms with E-state index in [1.54, 1.807) is 37.3 Å². The second-order valence-electron chi connectivity index (χ2n) is 16.7. The van der Waals surface area contributed by atoms with Gasteiger partial charge in [0.1, 0.15) is 48.3 Å². The third-order valence-corrected chi connectivity index (χ3v) is 10.5. The van der Waals surface area contributed by atoms with Crippen molar-refractivity contribution in [3.05, 3.63) is 35.9 Å². The molecular weight excluding hydrogens is 859 g/mol. The van der Waals surface area contributed by atoms with Crippen molar-refractivity contribution >= 4 is 53.2 Å². The first-order chi connectivity index (χ1) is 31.4. The lowest BCUT2D eigenvalue weighted by Gasteiger charge is -2.28. The lowest BCUT2D eigenvalue weighted by atomic mass is 10.00. The highest BCUT2D eigenvalue weighted by molar-refractivity contribution is 5.98. The molecule has 1 heterocycles. The molecule has 2 rings (SSSR count). The molecule has 1 aromatic carbocycles. The van der Waals surface area contributed by atoms with E-state index in [0.717, 1.165) is 0 Å². The van der Waals surface area contributed by atoms with Crippen LogP contribution >= 0.6 is 0 Å². The Morgan fingerprint density at radius 1 is 0.667 bits per heavy atom. The minimum Gasteiger partial charge on any atom is -0.391 e. The van der Waals surface area contributed by atoms with Crippen LogP contribution in [0.5, 0.6) is 0 Å². The summed E-state index contributed by atoms with van der Waals surface area (Å²) in [7, 11) is 0. The van der Waals surface area contributed by atoms with Crippen LogP contribution in [0.25, 0.3) is 0 Å². The third-order valence-electron chi connectivity index (χ3n) is 10.5. The summed E-state index contributed by atoms with van der Waals surface area (Å²) in [6, 6.07) is -2.13. The van der Waals surface area contributed by atoms with Gasteiger partial charge in [-0.05, 0) is 89.5 Å². The van der Waals surface area contributed by atoms with Gasteiger partial charge in [-0.1, -0.05) is 51.1 Å². The number of aliphatic hydroxyl groups excluding tert-OH is 1. The molecule has 18 N–H and O–H groups in total. The Morgan fingerprint density at radius 2 is 1.15 bits per heavy atom. The highest BCUT2D eigenvalue weighted by atomic mass is 16.3. The van der Waals surface area contributed by atoms with Crippen molar-refractivity contribution in [2.45, 2.75) is 140 Å². The smallest absolute Gasteiger partial charge is 0.245 e. The fourth-order valence-electron chi connectivity index (χ4n) is 7.01. The number of hydrogen-bond acceptors (Lipinski definition) is 14. The number of benzene rings is 1. The minimum absolute atomic E-state index is 0.00413. The summed E-state index contributed by atoms with van der Waals surface area (Å²) in [5.41, 5.74) is 23.9. The summed E-state index contributed by atoms with van der Waals surface area (Å²) in [5, 5.41) is 34.0. The summed E-state index contributed by atoms with van der Waals surface area (Å²) in [6.07, 6.45) is -1.50.